The van der Waals surface area contributed by atoms with Gasteiger partial charge in [0.15, 0.2) is 29.3 Å². The summed E-state index contributed by atoms with van der Waals surface area (Å²) in [7, 11) is 0. The molecule has 2 aromatic carbocycles. The molecular weight excluding hydrogens is 550 g/mol. The number of benzene rings is 2. The highest BCUT2D eigenvalue weighted by Gasteiger charge is 2.47. The predicted octanol–water partition coefficient (Wildman–Crippen LogP) is 2.16. The van der Waals surface area contributed by atoms with Crippen LogP contribution in [0, 0.1) is 0 Å². The van der Waals surface area contributed by atoms with E-state index in [-0.39, 0.29) is 25.3 Å². The highest BCUT2D eigenvalue weighted by atomic mass is 16.6. The van der Waals surface area contributed by atoms with Crippen LogP contribution in [0.15, 0.2) is 79.4 Å². The number of aromatic nitrogens is 6. The van der Waals surface area contributed by atoms with Crippen LogP contribution in [0.1, 0.15) is 37.4 Å². The number of likely N-dealkylation sites (N-methyl/N-ethyl adjacent to an activating group) is 1. The molecule has 0 bridgehead atoms. The molecule has 6 rings (SSSR count). The summed E-state index contributed by atoms with van der Waals surface area (Å²) in [5.74, 6) is 0.796. The van der Waals surface area contributed by atoms with Gasteiger partial charge in [0.25, 0.3) is 5.91 Å². The van der Waals surface area contributed by atoms with E-state index in [9.17, 15) is 15.0 Å². The summed E-state index contributed by atoms with van der Waals surface area (Å²) in [6.45, 7) is 0.884. The minimum atomic E-state index is -1.49. The summed E-state index contributed by atoms with van der Waals surface area (Å²) >= 11 is 0. The number of fused-ring (bicyclic) bond motifs is 1. The maximum absolute atomic E-state index is 12.6. The first-order valence-electron chi connectivity index (χ1n) is 14.6. The molecule has 13 heteroatoms. The van der Waals surface area contributed by atoms with Gasteiger partial charge in [-0.25, -0.2) is 9.97 Å². The van der Waals surface area contributed by atoms with Crippen molar-refractivity contribution in [2.75, 3.05) is 23.7 Å². The Hall–Kier alpha value is -4.85. The van der Waals surface area contributed by atoms with Crippen molar-refractivity contribution in [1.82, 2.24) is 34.8 Å². The number of carbonyl (C=O) groups is 1. The second kappa shape index (κ2) is 12.6. The molecule has 43 heavy (non-hydrogen) atoms. The summed E-state index contributed by atoms with van der Waals surface area (Å²) < 4.78 is 14.6. The number of H-pyrrole nitrogens is 1. The topological polar surface area (TPSA) is 175 Å². The fourth-order valence-corrected chi connectivity index (χ4v) is 5.19. The fourth-order valence-electron chi connectivity index (χ4n) is 5.19. The first-order chi connectivity index (χ1) is 21.5. The van der Waals surface area contributed by atoms with E-state index in [2.05, 4.69) is 60.2 Å². The Bertz CT molecular complexity index is 1630. The number of hydrogen-bond donors (Lipinski definition) is 6. The van der Waals surface area contributed by atoms with Crippen LogP contribution in [-0.4, -0.2) is 77.0 Å². The lowest BCUT2D eigenvalue weighted by molar-refractivity contribution is -0.137. The van der Waals surface area contributed by atoms with Crippen molar-refractivity contribution in [1.29, 1.82) is 0 Å². The Balaban J connectivity index is 1.33. The number of carbonyl (C=O) groups excluding carboxylic acids is 1. The number of nitrogens with zero attached hydrogens (tertiary/aromatic N) is 5. The zero-order chi connectivity index (χ0) is 30.5. The van der Waals surface area contributed by atoms with Crippen LogP contribution in [0.2, 0.25) is 0 Å². The van der Waals surface area contributed by atoms with Gasteiger partial charge in [-0.15, -0.1) is 0 Å². The molecule has 1 aliphatic rings. The second-order valence-electron chi connectivity index (χ2n) is 10.1. The second-order valence-corrected chi connectivity index (χ2v) is 10.1. The van der Waals surface area contributed by atoms with Crippen molar-refractivity contribution in [3.63, 3.8) is 0 Å². The van der Waals surface area contributed by atoms with Crippen LogP contribution >= 0.6 is 0 Å². The number of amides is 1. The van der Waals surface area contributed by atoms with E-state index in [0.717, 1.165) is 11.1 Å². The number of aromatic amines is 1. The molecule has 1 saturated heterocycles. The third kappa shape index (κ3) is 5.91. The largest absolute Gasteiger partial charge is 0.387 e. The van der Waals surface area contributed by atoms with Gasteiger partial charge >= 0.3 is 0 Å². The van der Waals surface area contributed by atoms with Gasteiger partial charge in [0.2, 0.25) is 5.95 Å². The maximum Gasteiger partial charge on any atom is 0.252 e. The van der Waals surface area contributed by atoms with E-state index in [4.69, 9.17) is 11.1 Å². The summed E-state index contributed by atoms with van der Waals surface area (Å²) in [5.41, 5.74) is 3.00. The summed E-state index contributed by atoms with van der Waals surface area (Å²) in [6, 6.07) is 20.3. The molecule has 1 amide bonds. The van der Waals surface area contributed by atoms with Crippen molar-refractivity contribution < 1.29 is 21.1 Å². The van der Waals surface area contributed by atoms with E-state index >= 15 is 0 Å². The Labute approximate surface area is 248 Å². The van der Waals surface area contributed by atoms with Gasteiger partial charge in [0.05, 0.1) is 12.9 Å². The highest BCUT2D eigenvalue weighted by Crippen LogP contribution is 2.34. The van der Waals surface area contributed by atoms with Gasteiger partial charge in [-0.3, -0.25) is 9.36 Å². The van der Waals surface area contributed by atoms with Gasteiger partial charge in [-0.1, -0.05) is 60.7 Å². The first-order valence-corrected chi connectivity index (χ1v) is 13.9. The molecule has 0 spiro atoms. The quantitative estimate of drug-likeness (QED) is 0.135. The summed E-state index contributed by atoms with van der Waals surface area (Å²) in [6.07, 6.45) is -0.593. The zero-order valence-electron chi connectivity index (χ0n) is 24.2. The summed E-state index contributed by atoms with van der Waals surface area (Å²) in [4.78, 5) is 33.8. The number of rotatable bonds is 11. The third-order valence-electron chi connectivity index (χ3n) is 7.34. The molecule has 4 heterocycles. The van der Waals surface area contributed by atoms with Gasteiger partial charge < -0.3 is 35.9 Å². The smallest absolute Gasteiger partial charge is 0.252 e. The van der Waals surface area contributed by atoms with Crippen LogP contribution in [0.3, 0.4) is 0 Å². The molecule has 5 aromatic rings. The molecule has 1 fully saturated rings. The van der Waals surface area contributed by atoms with Crippen LogP contribution in [-0.2, 0) is 16.1 Å². The number of ether oxygens (including phenoxy) is 1. The number of aliphatic hydroxyl groups excluding tert-OH is 2. The third-order valence-corrected chi connectivity index (χ3v) is 7.34. The van der Waals surface area contributed by atoms with Crippen LogP contribution in [0.4, 0.5) is 11.8 Å². The van der Waals surface area contributed by atoms with E-state index in [1.807, 2.05) is 36.4 Å². The Kier molecular flexibility index (Phi) is 7.90. The average Bonchev–Trinajstić information content (AvgIpc) is 3.80. The van der Waals surface area contributed by atoms with Crippen molar-refractivity contribution in [3.8, 4) is 0 Å². The number of aliphatic hydroxyl groups is 2. The number of nitrogens with one attached hydrogen (secondary N) is 4. The van der Waals surface area contributed by atoms with Crippen LogP contribution < -0.4 is 16.0 Å². The Morgan fingerprint density at radius 3 is 2.47 bits per heavy atom. The van der Waals surface area contributed by atoms with Crippen molar-refractivity contribution in [2.24, 2.45) is 0 Å². The SMILES string of the molecule is [2H]CCNC(=O)[C@H]1OC(n2cnc3c(NCC(c4ccccc4)c4ccccc4)nc(NCc4ncc[nH]4)nc32)[C@H](O)[C@@H]1O. The normalized spacial score (nSPS) is 20.3. The minimum absolute atomic E-state index is 0.00200. The molecule has 0 saturated carbocycles. The molecule has 0 radical (unpaired) electrons. The number of hydrogen-bond acceptors (Lipinski definition) is 10. The van der Waals surface area contributed by atoms with Crippen molar-refractivity contribution >= 4 is 28.8 Å². The van der Waals surface area contributed by atoms with Crippen LogP contribution in [0.5, 0.6) is 0 Å². The van der Waals surface area contributed by atoms with Gasteiger partial charge in [0.1, 0.15) is 18.0 Å². The lowest BCUT2D eigenvalue weighted by atomic mass is 9.91. The van der Waals surface area contributed by atoms with Crippen molar-refractivity contribution in [3.05, 3.63) is 96.3 Å². The average molecular weight is 585 g/mol. The van der Waals surface area contributed by atoms with E-state index in [1.54, 1.807) is 12.4 Å². The summed E-state index contributed by atoms with van der Waals surface area (Å²) in [5, 5.41) is 30.7. The maximum atomic E-state index is 12.6. The zero-order valence-corrected chi connectivity index (χ0v) is 23.2. The first kappa shape index (κ1) is 27.0. The number of anilines is 2. The predicted molar refractivity (Wildman–Crippen MR) is 159 cm³/mol. The fraction of sp³-hybridized carbons (Fsp3) is 0.300. The van der Waals surface area contributed by atoms with Gasteiger partial charge in [-0.05, 0) is 18.0 Å². The monoisotopic (exact) mass is 584 g/mol. The van der Waals surface area contributed by atoms with E-state index in [0.29, 0.717) is 35.9 Å². The Morgan fingerprint density at radius 2 is 1.79 bits per heavy atom. The van der Waals surface area contributed by atoms with E-state index < -0.39 is 30.4 Å². The molecule has 222 valence electrons. The molecule has 1 unspecified atom stereocenters. The molecular formula is C30H33N9O4. The lowest BCUT2D eigenvalue weighted by Crippen LogP contribution is -2.42. The van der Waals surface area contributed by atoms with E-state index in [1.165, 1.54) is 10.9 Å². The van der Waals surface area contributed by atoms with Crippen molar-refractivity contribution in [2.45, 2.75) is 43.9 Å². The Morgan fingerprint density at radius 1 is 1.05 bits per heavy atom. The van der Waals surface area contributed by atoms with Gasteiger partial charge in [0, 0.05) is 32.8 Å². The molecule has 13 nitrogen and oxygen atoms in total. The highest BCUT2D eigenvalue weighted by molar-refractivity contribution is 5.85. The van der Waals surface area contributed by atoms with Gasteiger partial charge in [-0.2, -0.15) is 9.97 Å². The minimum Gasteiger partial charge on any atom is -0.387 e. The lowest BCUT2D eigenvalue weighted by Gasteiger charge is -2.20. The molecule has 1 aliphatic heterocycles. The molecule has 3 aromatic heterocycles. The van der Waals surface area contributed by atoms with Crippen LogP contribution in [0.25, 0.3) is 11.2 Å². The standard InChI is InChI=1S/C30H33N9O4/c1-2-31-28(42)25-23(40)24(41)29(43-25)39-17-36-22-26(37-30(38-27(22)39)35-16-21-32-13-14-33-21)34-15-20(18-9-5-3-6-10-18)19-11-7-4-8-12-19/h3-14,17,20,23-25,29,40-41H,2,15-16H2,1H3,(H,31,42)(H,32,33)(H2,34,35,37,38)/t23-,24+,25-,29?/m0/s1/i1D. The molecule has 0 aliphatic carbocycles. The molecule has 4 atom stereocenters. The molecule has 6 N–H and O–H groups in total. The number of imidazole rings is 2.